The molecule has 0 saturated heterocycles. The Hall–Kier alpha value is -0.890. The first kappa shape index (κ1) is 10.6. The van der Waals surface area contributed by atoms with Crippen molar-refractivity contribution in [3.63, 3.8) is 0 Å². The standard InChI is InChI=1S/C13H18FN/c1-9-8-12(14)10(2)7-11(9)3-4-13(15)5-6-13/h7-8H,3-6,15H2,1-2H3. The van der Waals surface area contributed by atoms with Gasteiger partial charge in [0.25, 0.3) is 0 Å². The van der Waals surface area contributed by atoms with Gasteiger partial charge >= 0.3 is 0 Å². The highest BCUT2D eigenvalue weighted by atomic mass is 19.1. The van der Waals surface area contributed by atoms with Gasteiger partial charge in [-0.1, -0.05) is 6.07 Å². The van der Waals surface area contributed by atoms with E-state index in [-0.39, 0.29) is 11.4 Å². The molecule has 1 aliphatic carbocycles. The lowest BCUT2D eigenvalue weighted by Gasteiger charge is -2.11. The molecule has 0 aromatic heterocycles. The predicted molar refractivity (Wildman–Crippen MR) is 60.3 cm³/mol. The number of rotatable bonds is 3. The fourth-order valence-electron chi connectivity index (χ4n) is 1.90. The van der Waals surface area contributed by atoms with Gasteiger partial charge in [0, 0.05) is 5.54 Å². The van der Waals surface area contributed by atoms with Crippen LogP contribution in [0.2, 0.25) is 0 Å². The highest BCUT2D eigenvalue weighted by Gasteiger charge is 2.37. The van der Waals surface area contributed by atoms with Gasteiger partial charge in [0.1, 0.15) is 5.82 Å². The molecule has 2 N–H and O–H groups in total. The van der Waals surface area contributed by atoms with Crippen LogP contribution < -0.4 is 5.73 Å². The summed E-state index contributed by atoms with van der Waals surface area (Å²) in [6.45, 7) is 3.78. The quantitative estimate of drug-likeness (QED) is 0.810. The van der Waals surface area contributed by atoms with Crippen molar-refractivity contribution in [3.05, 3.63) is 34.6 Å². The van der Waals surface area contributed by atoms with Crippen LogP contribution >= 0.6 is 0 Å². The molecule has 1 fully saturated rings. The Morgan fingerprint density at radius 3 is 2.53 bits per heavy atom. The molecule has 1 aromatic rings. The monoisotopic (exact) mass is 207 g/mol. The van der Waals surface area contributed by atoms with E-state index in [1.54, 1.807) is 6.07 Å². The number of hydrogen-bond donors (Lipinski definition) is 1. The summed E-state index contributed by atoms with van der Waals surface area (Å²) in [6, 6.07) is 3.58. The molecule has 15 heavy (non-hydrogen) atoms. The Labute approximate surface area is 90.5 Å². The minimum atomic E-state index is -0.106. The summed E-state index contributed by atoms with van der Waals surface area (Å²) in [4.78, 5) is 0. The summed E-state index contributed by atoms with van der Waals surface area (Å²) < 4.78 is 13.2. The zero-order valence-electron chi connectivity index (χ0n) is 9.44. The predicted octanol–water partition coefficient (Wildman–Crippen LogP) is 2.87. The van der Waals surface area contributed by atoms with Crippen LogP contribution in [0.3, 0.4) is 0 Å². The molecule has 0 heterocycles. The minimum absolute atomic E-state index is 0.0920. The largest absolute Gasteiger partial charge is 0.325 e. The van der Waals surface area contributed by atoms with Gasteiger partial charge in [0.15, 0.2) is 0 Å². The molecule has 0 unspecified atom stereocenters. The lowest BCUT2D eigenvalue weighted by molar-refractivity contribution is 0.600. The molecule has 0 amide bonds. The topological polar surface area (TPSA) is 26.0 Å². The van der Waals surface area contributed by atoms with E-state index in [4.69, 9.17) is 5.73 Å². The van der Waals surface area contributed by atoms with Crippen molar-refractivity contribution in [2.45, 2.75) is 45.1 Å². The molecule has 1 aliphatic rings. The van der Waals surface area contributed by atoms with Gasteiger partial charge in [-0.3, -0.25) is 0 Å². The summed E-state index contributed by atoms with van der Waals surface area (Å²) in [5.74, 6) is -0.106. The maximum Gasteiger partial charge on any atom is 0.126 e. The Bertz CT molecular complexity index is 380. The molecule has 1 aromatic carbocycles. The average Bonchev–Trinajstić information content (AvgIpc) is 2.89. The normalized spacial score (nSPS) is 17.9. The first-order valence-corrected chi connectivity index (χ1v) is 5.55. The van der Waals surface area contributed by atoms with E-state index in [2.05, 4.69) is 0 Å². The zero-order valence-corrected chi connectivity index (χ0v) is 9.44. The number of halogens is 1. The van der Waals surface area contributed by atoms with E-state index < -0.39 is 0 Å². The third-order valence-corrected chi connectivity index (χ3v) is 3.40. The van der Waals surface area contributed by atoms with E-state index in [0.717, 1.165) is 36.8 Å². The van der Waals surface area contributed by atoms with Crippen molar-refractivity contribution >= 4 is 0 Å². The van der Waals surface area contributed by atoms with Crippen LogP contribution in [0, 0.1) is 19.7 Å². The van der Waals surface area contributed by atoms with Crippen LogP contribution in [0.4, 0.5) is 4.39 Å². The number of hydrogen-bond acceptors (Lipinski definition) is 1. The van der Waals surface area contributed by atoms with Gasteiger partial charge in [-0.05, 0) is 62.3 Å². The van der Waals surface area contributed by atoms with Gasteiger partial charge in [-0.25, -0.2) is 4.39 Å². The van der Waals surface area contributed by atoms with Gasteiger partial charge in [0.2, 0.25) is 0 Å². The van der Waals surface area contributed by atoms with Crippen molar-refractivity contribution in [2.75, 3.05) is 0 Å². The van der Waals surface area contributed by atoms with Crippen molar-refractivity contribution < 1.29 is 4.39 Å². The lowest BCUT2D eigenvalue weighted by atomic mass is 9.98. The highest BCUT2D eigenvalue weighted by molar-refractivity contribution is 5.32. The minimum Gasteiger partial charge on any atom is -0.325 e. The first-order valence-electron chi connectivity index (χ1n) is 5.55. The van der Waals surface area contributed by atoms with Gasteiger partial charge < -0.3 is 5.73 Å². The zero-order chi connectivity index (χ0) is 11.1. The van der Waals surface area contributed by atoms with Crippen molar-refractivity contribution in [2.24, 2.45) is 5.73 Å². The second kappa shape index (κ2) is 3.60. The maximum absolute atomic E-state index is 13.2. The average molecular weight is 207 g/mol. The van der Waals surface area contributed by atoms with Gasteiger partial charge in [0.05, 0.1) is 0 Å². The summed E-state index contributed by atoms with van der Waals surface area (Å²) in [7, 11) is 0. The maximum atomic E-state index is 13.2. The van der Waals surface area contributed by atoms with E-state index in [9.17, 15) is 4.39 Å². The Morgan fingerprint density at radius 2 is 1.93 bits per heavy atom. The van der Waals surface area contributed by atoms with Crippen LogP contribution in [0.1, 0.15) is 36.0 Å². The fourth-order valence-corrected chi connectivity index (χ4v) is 1.90. The van der Waals surface area contributed by atoms with Crippen molar-refractivity contribution in [3.8, 4) is 0 Å². The molecular weight excluding hydrogens is 189 g/mol. The Morgan fingerprint density at radius 1 is 1.27 bits per heavy atom. The van der Waals surface area contributed by atoms with E-state index in [1.807, 2.05) is 19.9 Å². The van der Waals surface area contributed by atoms with Crippen LogP contribution in [-0.2, 0) is 6.42 Å². The smallest absolute Gasteiger partial charge is 0.126 e. The number of benzene rings is 1. The number of nitrogens with two attached hydrogens (primary N) is 1. The highest BCUT2D eigenvalue weighted by Crippen LogP contribution is 2.36. The second-order valence-corrected chi connectivity index (χ2v) is 4.89. The van der Waals surface area contributed by atoms with Crippen LogP contribution in [-0.4, -0.2) is 5.54 Å². The molecule has 0 bridgehead atoms. The van der Waals surface area contributed by atoms with Gasteiger partial charge in [-0.15, -0.1) is 0 Å². The Balaban J connectivity index is 2.10. The fraction of sp³-hybridized carbons (Fsp3) is 0.538. The Kier molecular flexibility index (Phi) is 2.55. The van der Waals surface area contributed by atoms with E-state index in [0.29, 0.717) is 0 Å². The summed E-state index contributed by atoms with van der Waals surface area (Å²) in [6.07, 6.45) is 4.29. The van der Waals surface area contributed by atoms with E-state index >= 15 is 0 Å². The number of aryl methyl sites for hydroxylation is 3. The first-order chi connectivity index (χ1) is 7.00. The van der Waals surface area contributed by atoms with Crippen LogP contribution in [0.5, 0.6) is 0 Å². The molecule has 0 aliphatic heterocycles. The second-order valence-electron chi connectivity index (χ2n) is 4.89. The summed E-state index contributed by atoms with van der Waals surface area (Å²) in [5.41, 5.74) is 9.15. The van der Waals surface area contributed by atoms with Gasteiger partial charge in [-0.2, -0.15) is 0 Å². The summed E-state index contributed by atoms with van der Waals surface area (Å²) in [5, 5.41) is 0. The van der Waals surface area contributed by atoms with Crippen molar-refractivity contribution in [1.29, 1.82) is 0 Å². The third-order valence-electron chi connectivity index (χ3n) is 3.40. The molecule has 1 saturated carbocycles. The van der Waals surface area contributed by atoms with Crippen LogP contribution in [0.15, 0.2) is 12.1 Å². The van der Waals surface area contributed by atoms with E-state index in [1.165, 1.54) is 5.56 Å². The molecule has 0 spiro atoms. The summed E-state index contributed by atoms with van der Waals surface area (Å²) >= 11 is 0. The molecule has 2 heteroatoms. The molecule has 82 valence electrons. The van der Waals surface area contributed by atoms with Crippen molar-refractivity contribution in [1.82, 2.24) is 0 Å². The molecule has 0 atom stereocenters. The lowest BCUT2D eigenvalue weighted by Crippen LogP contribution is -2.22. The molecular formula is C13H18FN. The van der Waals surface area contributed by atoms with Crippen LogP contribution in [0.25, 0.3) is 0 Å². The molecule has 2 rings (SSSR count). The molecule has 1 nitrogen and oxygen atoms in total. The third kappa shape index (κ3) is 2.37. The SMILES string of the molecule is Cc1cc(CCC2(N)CC2)c(C)cc1F. The molecule has 0 radical (unpaired) electrons.